The molecule has 0 radical (unpaired) electrons. The van der Waals surface area contributed by atoms with E-state index in [1.165, 1.54) is 12.3 Å². The lowest BCUT2D eigenvalue weighted by Gasteiger charge is -2.30. The summed E-state index contributed by atoms with van der Waals surface area (Å²) in [7, 11) is 0. The second-order valence-electron chi connectivity index (χ2n) is 5.28. The summed E-state index contributed by atoms with van der Waals surface area (Å²) < 4.78 is 38.6. The molecule has 1 aliphatic carbocycles. The van der Waals surface area contributed by atoms with Gasteiger partial charge < -0.3 is 11.1 Å². The molecule has 1 heterocycles. The van der Waals surface area contributed by atoms with Crippen molar-refractivity contribution in [3.8, 4) is 0 Å². The summed E-state index contributed by atoms with van der Waals surface area (Å²) in [6, 6.07) is 2.09. The van der Waals surface area contributed by atoms with Gasteiger partial charge in [-0.15, -0.1) is 0 Å². The summed E-state index contributed by atoms with van der Waals surface area (Å²) in [5.74, 6) is -0.721. The number of carbonyl (C=O) groups excluding carboxylic acids is 1. The normalized spacial score (nSPS) is 23.0. The number of nitrogens with zero attached hydrogens (tertiary/aromatic N) is 1. The predicted octanol–water partition coefficient (Wildman–Crippen LogP) is 2.23. The molecule has 1 aliphatic rings. The second-order valence-corrected chi connectivity index (χ2v) is 5.28. The largest absolute Gasteiger partial charge is 0.418 e. The quantitative estimate of drug-likeness (QED) is 0.896. The molecule has 1 aromatic heterocycles. The van der Waals surface area contributed by atoms with Gasteiger partial charge in [-0.3, -0.25) is 9.78 Å². The smallest absolute Gasteiger partial charge is 0.369 e. The van der Waals surface area contributed by atoms with Gasteiger partial charge in [-0.1, -0.05) is 12.8 Å². The Morgan fingerprint density at radius 3 is 2.76 bits per heavy atom. The minimum Gasteiger partial charge on any atom is -0.369 e. The zero-order valence-electron chi connectivity index (χ0n) is 11.5. The first-order valence-electron chi connectivity index (χ1n) is 6.93. The molecule has 2 rings (SSSR count). The van der Waals surface area contributed by atoms with Crippen molar-refractivity contribution in [2.24, 2.45) is 11.7 Å². The van der Waals surface area contributed by atoms with Crippen LogP contribution in [-0.4, -0.2) is 16.9 Å². The molecular weight excluding hydrogens is 283 g/mol. The van der Waals surface area contributed by atoms with Crippen molar-refractivity contribution in [2.75, 3.05) is 0 Å². The zero-order chi connectivity index (χ0) is 15.5. The summed E-state index contributed by atoms with van der Waals surface area (Å²) in [4.78, 5) is 15.2. The molecule has 7 heteroatoms. The molecule has 21 heavy (non-hydrogen) atoms. The van der Waals surface area contributed by atoms with E-state index in [1.54, 1.807) is 0 Å². The third kappa shape index (κ3) is 3.93. The molecule has 0 aliphatic heterocycles. The van der Waals surface area contributed by atoms with E-state index >= 15 is 0 Å². The molecule has 1 amide bonds. The lowest BCUT2D eigenvalue weighted by Crippen LogP contribution is -2.44. The van der Waals surface area contributed by atoms with Crippen LogP contribution in [0.4, 0.5) is 13.2 Å². The topological polar surface area (TPSA) is 68.0 Å². The molecule has 1 saturated carbocycles. The molecule has 0 bridgehead atoms. The van der Waals surface area contributed by atoms with Gasteiger partial charge in [-0.25, -0.2) is 0 Å². The number of hydrogen-bond acceptors (Lipinski definition) is 3. The van der Waals surface area contributed by atoms with Crippen LogP contribution < -0.4 is 11.1 Å². The Morgan fingerprint density at radius 1 is 1.38 bits per heavy atom. The van der Waals surface area contributed by atoms with Gasteiger partial charge in [0, 0.05) is 18.8 Å². The van der Waals surface area contributed by atoms with Gasteiger partial charge in [-0.05, 0) is 25.0 Å². The van der Waals surface area contributed by atoms with Crippen molar-refractivity contribution in [1.82, 2.24) is 10.3 Å². The molecule has 3 N–H and O–H groups in total. The molecule has 0 unspecified atom stereocenters. The Kier molecular flexibility index (Phi) is 4.82. The highest BCUT2D eigenvalue weighted by Gasteiger charge is 2.34. The van der Waals surface area contributed by atoms with Crippen LogP contribution in [0.15, 0.2) is 18.3 Å². The summed E-state index contributed by atoms with van der Waals surface area (Å²) in [5.41, 5.74) is 4.55. The number of pyridine rings is 1. The van der Waals surface area contributed by atoms with E-state index in [4.69, 9.17) is 5.73 Å². The fraction of sp³-hybridized carbons (Fsp3) is 0.571. The van der Waals surface area contributed by atoms with Crippen LogP contribution in [0.25, 0.3) is 0 Å². The molecule has 0 spiro atoms. The lowest BCUT2D eigenvalue weighted by molar-refractivity contribution is -0.138. The number of primary amides is 1. The van der Waals surface area contributed by atoms with Crippen LogP contribution in [0, 0.1) is 5.92 Å². The molecular formula is C14H18F3N3O. The number of hydrogen-bond donors (Lipinski definition) is 2. The average Bonchev–Trinajstić information content (AvgIpc) is 2.44. The lowest BCUT2D eigenvalue weighted by atomic mass is 9.84. The van der Waals surface area contributed by atoms with Gasteiger partial charge in [0.15, 0.2) is 0 Å². The summed E-state index contributed by atoms with van der Waals surface area (Å²) in [6.45, 7) is -0.0237. The van der Waals surface area contributed by atoms with E-state index < -0.39 is 17.6 Å². The van der Waals surface area contributed by atoms with Crippen LogP contribution in [0.2, 0.25) is 0 Å². The summed E-state index contributed by atoms with van der Waals surface area (Å²) in [5, 5.41) is 3.02. The number of carbonyl (C=O) groups is 1. The predicted molar refractivity (Wildman–Crippen MR) is 71.0 cm³/mol. The standard InChI is InChI=1S/C14H18F3N3O/c15-14(16,17)10-5-3-7-19-12(10)8-20-11-6-2-1-4-9(11)13(18)21/h3,5,7,9,11,20H,1-2,4,6,8H2,(H2,18,21)/t9-,11+/m1/s1. The fourth-order valence-electron chi connectivity index (χ4n) is 2.78. The van der Waals surface area contributed by atoms with Crippen molar-refractivity contribution >= 4 is 5.91 Å². The molecule has 1 aromatic rings. The highest BCUT2D eigenvalue weighted by Crippen LogP contribution is 2.31. The van der Waals surface area contributed by atoms with E-state index in [0.29, 0.717) is 6.42 Å². The Hall–Kier alpha value is -1.63. The number of halogens is 3. The van der Waals surface area contributed by atoms with Crippen molar-refractivity contribution in [2.45, 2.75) is 44.4 Å². The number of aromatic nitrogens is 1. The minimum absolute atomic E-state index is 0.0237. The molecule has 2 atom stereocenters. The van der Waals surface area contributed by atoms with Crippen LogP contribution >= 0.6 is 0 Å². The number of amides is 1. The van der Waals surface area contributed by atoms with Crippen molar-refractivity contribution in [3.63, 3.8) is 0 Å². The highest BCUT2D eigenvalue weighted by atomic mass is 19.4. The Labute approximate surface area is 120 Å². The van der Waals surface area contributed by atoms with Crippen LogP contribution in [0.5, 0.6) is 0 Å². The highest BCUT2D eigenvalue weighted by molar-refractivity contribution is 5.77. The van der Waals surface area contributed by atoms with Crippen molar-refractivity contribution < 1.29 is 18.0 Å². The third-order valence-corrected chi connectivity index (χ3v) is 3.86. The number of alkyl halides is 3. The number of nitrogens with two attached hydrogens (primary N) is 1. The van der Waals surface area contributed by atoms with Gasteiger partial charge >= 0.3 is 6.18 Å². The van der Waals surface area contributed by atoms with Gasteiger partial charge in [0.1, 0.15) is 0 Å². The fourth-order valence-corrected chi connectivity index (χ4v) is 2.78. The van der Waals surface area contributed by atoms with E-state index in [-0.39, 0.29) is 24.2 Å². The Morgan fingerprint density at radius 2 is 2.10 bits per heavy atom. The maximum atomic E-state index is 12.9. The summed E-state index contributed by atoms with van der Waals surface area (Å²) >= 11 is 0. The second kappa shape index (κ2) is 6.43. The van der Waals surface area contributed by atoms with Crippen LogP contribution in [0.3, 0.4) is 0 Å². The van der Waals surface area contributed by atoms with E-state index in [1.807, 2.05) is 0 Å². The van der Waals surface area contributed by atoms with Gasteiger partial charge in [0.2, 0.25) is 5.91 Å². The molecule has 0 aromatic carbocycles. The van der Waals surface area contributed by atoms with Crippen LogP contribution in [0.1, 0.15) is 36.9 Å². The van der Waals surface area contributed by atoms with Crippen molar-refractivity contribution in [1.29, 1.82) is 0 Å². The molecule has 4 nitrogen and oxygen atoms in total. The first-order chi connectivity index (χ1) is 9.89. The van der Waals surface area contributed by atoms with Gasteiger partial charge in [-0.2, -0.15) is 13.2 Å². The minimum atomic E-state index is -4.43. The molecule has 1 fully saturated rings. The van der Waals surface area contributed by atoms with Gasteiger partial charge in [0.25, 0.3) is 0 Å². The average molecular weight is 301 g/mol. The van der Waals surface area contributed by atoms with Crippen LogP contribution in [-0.2, 0) is 17.5 Å². The monoisotopic (exact) mass is 301 g/mol. The number of rotatable bonds is 4. The first kappa shape index (κ1) is 15.8. The van der Waals surface area contributed by atoms with Gasteiger partial charge in [0.05, 0.1) is 17.2 Å². The third-order valence-electron chi connectivity index (χ3n) is 3.86. The van der Waals surface area contributed by atoms with E-state index in [2.05, 4.69) is 10.3 Å². The SMILES string of the molecule is NC(=O)[C@@H]1CCCC[C@@H]1NCc1ncccc1C(F)(F)F. The summed E-state index contributed by atoms with van der Waals surface area (Å²) in [6.07, 6.45) is 0.182. The molecule has 0 saturated heterocycles. The van der Waals surface area contributed by atoms with E-state index in [9.17, 15) is 18.0 Å². The van der Waals surface area contributed by atoms with E-state index in [0.717, 1.165) is 25.3 Å². The Balaban J connectivity index is 2.07. The maximum absolute atomic E-state index is 12.9. The molecule has 116 valence electrons. The van der Waals surface area contributed by atoms with Crippen molar-refractivity contribution in [3.05, 3.63) is 29.6 Å². The first-order valence-corrected chi connectivity index (χ1v) is 6.93. The zero-order valence-corrected chi connectivity index (χ0v) is 11.5. The maximum Gasteiger partial charge on any atom is 0.418 e. The Bertz CT molecular complexity index is 504. The number of nitrogens with one attached hydrogen (secondary N) is 1.